The van der Waals surface area contributed by atoms with Gasteiger partial charge >= 0.3 is 0 Å². The zero-order valence-electron chi connectivity index (χ0n) is 17.1. The summed E-state index contributed by atoms with van der Waals surface area (Å²) in [5.41, 5.74) is 7.64. The van der Waals surface area contributed by atoms with Crippen molar-refractivity contribution in [3.63, 3.8) is 0 Å². The number of fused-ring (bicyclic) bond motifs is 2. The predicted molar refractivity (Wildman–Crippen MR) is 123 cm³/mol. The van der Waals surface area contributed by atoms with Gasteiger partial charge in [0.15, 0.2) is 0 Å². The summed E-state index contributed by atoms with van der Waals surface area (Å²) in [7, 11) is 0. The van der Waals surface area contributed by atoms with Crippen LogP contribution < -0.4 is 0 Å². The summed E-state index contributed by atoms with van der Waals surface area (Å²) >= 11 is 0. The van der Waals surface area contributed by atoms with Gasteiger partial charge in [0.05, 0.1) is 30.6 Å². The Morgan fingerprint density at radius 3 is 1.65 bits per heavy atom. The van der Waals surface area contributed by atoms with Crippen LogP contribution in [0.15, 0.2) is 109 Å². The molecule has 150 valence electrons. The van der Waals surface area contributed by atoms with E-state index in [2.05, 4.69) is 108 Å². The van der Waals surface area contributed by atoms with Gasteiger partial charge in [0.1, 0.15) is 5.54 Å². The van der Waals surface area contributed by atoms with Crippen LogP contribution in [-0.4, -0.2) is 9.55 Å². The largest absolute Gasteiger partial charge is 0.372 e. The standard InChI is InChI=1S/C28H22N2O/c1-4-10-23(11-5-1)28(24-12-6-2-7-13-24,25-14-8-3-9-15-25)30-20-29-26-16-21-18-31-19-22(21)17-27(26)30/h1-17,20H,18-19H2. The molecule has 2 heterocycles. The number of hydrogen-bond acceptors (Lipinski definition) is 2. The third-order valence-electron chi connectivity index (χ3n) is 6.32. The fourth-order valence-electron chi connectivity index (χ4n) is 4.90. The smallest absolute Gasteiger partial charge is 0.122 e. The Morgan fingerprint density at radius 1 is 0.645 bits per heavy atom. The summed E-state index contributed by atoms with van der Waals surface area (Å²) in [5, 5.41) is 0. The molecule has 1 aliphatic heterocycles. The molecule has 4 aromatic carbocycles. The van der Waals surface area contributed by atoms with Crippen LogP contribution in [0, 0.1) is 0 Å². The lowest BCUT2D eigenvalue weighted by Crippen LogP contribution is -2.37. The van der Waals surface area contributed by atoms with E-state index in [0.717, 1.165) is 11.0 Å². The van der Waals surface area contributed by atoms with E-state index in [9.17, 15) is 0 Å². The fourth-order valence-corrected chi connectivity index (χ4v) is 4.90. The maximum absolute atomic E-state index is 5.70. The monoisotopic (exact) mass is 402 g/mol. The molecule has 0 saturated heterocycles. The minimum atomic E-state index is -0.549. The first-order chi connectivity index (χ1) is 15.4. The third-order valence-corrected chi connectivity index (χ3v) is 6.32. The molecule has 1 aromatic heterocycles. The molecule has 0 spiro atoms. The highest BCUT2D eigenvalue weighted by Crippen LogP contribution is 2.43. The molecule has 0 bridgehead atoms. The molecule has 6 rings (SSSR count). The van der Waals surface area contributed by atoms with Crippen LogP contribution in [0.5, 0.6) is 0 Å². The lowest BCUT2D eigenvalue weighted by molar-refractivity contribution is 0.134. The molecule has 0 radical (unpaired) electrons. The SMILES string of the molecule is c1ccc(C(c2ccccc2)(c2ccccc2)n2cnc3cc4c(cc32)COC4)cc1. The number of benzene rings is 4. The molecule has 3 heteroatoms. The molecular weight excluding hydrogens is 380 g/mol. The minimum Gasteiger partial charge on any atom is -0.372 e. The third kappa shape index (κ3) is 2.74. The van der Waals surface area contributed by atoms with Crippen molar-refractivity contribution in [2.75, 3.05) is 0 Å². The van der Waals surface area contributed by atoms with Crippen molar-refractivity contribution in [2.24, 2.45) is 0 Å². The molecule has 0 amide bonds. The van der Waals surface area contributed by atoms with Crippen molar-refractivity contribution in [3.05, 3.63) is 137 Å². The van der Waals surface area contributed by atoms with E-state index < -0.39 is 5.54 Å². The van der Waals surface area contributed by atoms with Gasteiger partial charge in [-0.3, -0.25) is 0 Å². The van der Waals surface area contributed by atoms with Crippen molar-refractivity contribution in [3.8, 4) is 0 Å². The van der Waals surface area contributed by atoms with Crippen molar-refractivity contribution in [2.45, 2.75) is 18.8 Å². The van der Waals surface area contributed by atoms with Gasteiger partial charge in [-0.25, -0.2) is 4.98 Å². The number of aromatic nitrogens is 2. The number of hydrogen-bond donors (Lipinski definition) is 0. The first-order valence-electron chi connectivity index (χ1n) is 10.6. The second-order valence-electron chi connectivity index (χ2n) is 8.03. The molecule has 5 aromatic rings. The van der Waals surface area contributed by atoms with Crippen LogP contribution >= 0.6 is 0 Å². The first kappa shape index (κ1) is 18.1. The van der Waals surface area contributed by atoms with Gasteiger partial charge in [-0.05, 0) is 39.9 Å². The Kier molecular flexibility index (Phi) is 4.22. The Bertz CT molecular complexity index is 1250. The van der Waals surface area contributed by atoms with Gasteiger partial charge in [-0.2, -0.15) is 0 Å². The van der Waals surface area contributed by atoms with Gasteiger partial charge in [-0.15, -0.1) is 0 Å². The second kappa shape index (κ2) is 7.22. The fraction of sp³-hybridized carbons (Fsp3) is 0.107. The van der Waals surface area contributed by atoms with E-state index in [1.54, 1.807) is 0 Å². The molecular formula is C28H22N2O. The van der Waals surface area contributed by atoms with Crippen molar-refractivity contribution < 1.29 is 4.74 Å². The average Bonchev–Trinajstić information content (AvgIpc) is 3.47. The zero-order valence-corrected chi connectivity index (χ0v) is 17.1. The Labute approximate surface area is 181 Å². The summed E-state index contributed by atoms with van der Waals surface area (Å²) in [6.45, 7) is 1.32. The molecule has 0 saturated carbocycles. The summed E-state index contributed by atoms with van der Waals surface area (Å²) in [6.07, 6.45) is 1.99. The maximum Gasteiger partial charge on any atom is 0.122 e. The molecule has 0 fully saturated rings. The van der Waals surface area contributed by atoms with Gasteiger partial charge in [0.2, 0.25) is 0 Å². The summed E-state index contributed by atoms with van der Waals surface area (Å²) in [4.78, 5) is 4.85. The average molecular weight is 402 g/mol. The van der Waals surface area contributed by atoms with Crippen LogP contribution in [0.4, 0.5) is 0 Å². The normalized spacial score (nSPS) is 13.4. The van der Waals surface area contributed by atoms with Crippen molar-refractivity contribution >= 4 is 11.0 Å². The molecule has 0 N–H and O–H groups in total. The van der Waals surface area contributed by atoms with Crippen LogP contribution in [0.25, 0.3) is 11.0 Å². The van der Waals surface area contributed by atoms with E-state index >= 15 is 0 Å². The Hall–Kier alpha value is -3.69. The van der Waals surface area contributed by atoms with Gasteiger partial charge < -0.3 is 9.30 Å². The summed E-state index contributed by atoms with van der Waals surface area (Å²) < 4.78 is 8.03. The van der Waals surface area contributed by atoms with Gasteiger partial charge in [0.25, 0.3) is 0 Å². The highest BCUT2D eigenvalue weighted by atomic mass is 16.5. The minimum absolute atomic E-state index is 0.549. The second-order valence-corrected chi connectivity index (χ2v) is 8.03. The number of ether oxygens (including phenoxy) is 1. The zero-order chi connectivity index (χ0) is 20.7. The summed E-state index contributed by atoms with van der Waals surface area (Å²) in [6, 6.07) is 36.6. The number of nitrogens with zero attached hydrogens (tertiary/aromatic N) is 2. The number of rotatable bonds is 4. The highest BCUT2D eigenvalue weighted by Gasteiger charge is 2.39. The Morgan fingerprint density at radius 2 is 1.13 bits per heavy atom. The van der Waals surface area contributed by atoms with Crippen molar-refractivity contribution in [1.29, 1.82) is 0 Å². The van der Waals surface area contributed by atoms with E-state index in [0.29, 0.717) is 13.2 Å². The lowest BCUT2D eigenvalue weighted by atomic mass is 9.76. The molecule has 0 unspecified atom stereocenters. The first-order valence-corrected chi connectivity index (χ1v) is 10.6. The number of imidazole rings is 1. The van der Waals surface area contributed by atoms with Crippen LogP contribution in [0.1, 0.15) is 27.8 Å². The van der Waals surface area contributed by atoms with E-state index in [-0.39, 0.29) is 0 Å². The molecule has 0 aliphatic carbocycles. The summed E-state index contributed by atoms with van der Waals surface area (Å²) in [5.74, 6) is 0. The molecule has 0 atom stereocenters. The van der Waals surface area contributed by atoms with Gasteiger partial charge in [-0.1, -0.05) is 91.0 Å². The quantitative estimate of drug-likeness (QED) is 0.350. The highest BCUT2D eigenvalue weighted by molar-refractivity contribution is 5.79. The lowest BCUT2D eigenvalue weighted by Gasteiger charge is -2.38. The predicted octanol–water partition coefficient (Wildman–Crippen LogP) is 5.91. The van der Waals surface area contributed by atoms with Crippen LogP contribution in [-0.2, 0) is 23.5 Å². The Balaban J connectivity index is 1.76. The topological polar surface area (TPSA) is 27.1 Å². The molecule has 31 heavy (non-hydrogen) atoms. The van der Waals surface area contributed by atoms with Crippen LogP contribution in [0.2, 0.25) is 0 Å². The van der Waals surface area contributed by atoms with Crippen LogP contribution in [0.3, 0.4) is 0 Å². The molecule has 3 nitrogen and oxygen atoms in total. The van der Waals surface area contributed by atoms with E-state index in [1.165, 1.54) is 27.8 Å². The van der Waals surface area contributed by atoms with Crippen molar-refractivity contribution in [1.82, 2.24) is 9.55 Å². The molecule has 1 aliphatic rings. The van der Waals surface area contributed by atoms with E-state index in [1.807, 2.05) is 6.33 Å². The van der Waals surface area contributed by atoms with Gasteiger partial charge in [0, 0.05) is 0 Å². The van der Waals surface area contributed by atoms with E-state index in [4.69, 9.17) is 9.72 Å². The maximum atomic E-state index is 5.70.